The van der Waals surface area contributed by atoms with E-state index in [4.69, 9.17) is 5.11 Å². The van der Waals surface area contributed by atoms with Crippen LogP contribution in [0.2, 0.25) is 0 Å². The summed E-state index contributed by atoms with van der Waals surface area (Å²) in [6.45, 7) is 5.95. The molecule has 1 unspecified atom stereocenters. The Hall–Kier alpha value is -1.84. The van der Waals surface area contributed by atoms with Crippen LogP contribution in [0.4, 0.5) is 0 Å². The molecule has 1 atom stereocenters. The lowest BCUT2D eigenvalue weighted by molar-refractivity contribution is -0.138. The first-order chi connectivity index (χ1) is 8.41. The summed E-state index contributed by atoms with van der Waals surface area (Å²) < 4.78 is 0. The fourth-order valence-corrected chi connectivity index (χ4v) is 1.85. The van der Waals surface area contributed by atoms with Gasteiger partial charge in [0.1, 0.15) is 0 Å². The molecule has 1 rings (SSSR count). The predicted octanol–water partition coefficient (Wildman–Crippen LogP) is 2.35. The molecular formula is C14H19NO3. The van der Waals surface area contributed by atoms with E-state index < -0.39 is 5.97 Å². The Kier molecular flexibility index (Phi) is 4.89. The molecule has 0 bridgehead atoms. The van der Waals surface area contributed by atoms with Gasteiger partial charge in [0.05, 0.1) is 12.5 Å². The fraction of sp³-hybridized carbons (Fsp3) is 0.429. The standard InChI is InChI=1S/C14H19NO3/c1-9-5-4-6-12(10(9)2)11(3)15-13(16)7-8-14(17)18/h4-6,11H,7-8H2,1-3H3,(H,15,16)(H,17,18). The summed E-state index contributed by atoms with van der Waals surface area (Å²) in [5.41, 5.74) is 3.40. The van der Waals surface area contributed by atoms with E-state index in [1.54, 1.807) is 0 Å². The van der Waals surface area contributed by atoms with E-state index in [0.717, 1.165) is 11.1 Å². The summed E-state index contributed by atoms with van der Waals surface area (Å²) >= 11 is 0. The van der Waals surface area contributed by atoms with Gasteiger partial charge in [0.2, 0.25) is 5.91 Å². The van der Waals surface area contributed by atoms with Gasteiger partial charge in [-0.1, -0.05) is 18.2 Å². The first-order valence-corrected chi connectivity index (χ1v) is 5.99. The number of rotatable bonds is 5. The maximum absolute atomic E-state index is 11.6. The van der Waals surface area contributed by atoms with E-state index in [-0.39, 0.29) is 24.8 Å². The Bertz CT molecular complexity index is 454. The van der Waals surface area contributed by atoms with E-state index in [9.17, 15) is 9.59 Å². The zero-order valence-corrected chi connectivity index (χ0v) is 11.0. The van der Waals surface area contributed by atoms with Crippen LogP contribution in [0.5, 0.6) is 0 Å². The molecule has 0 fully saturated rings. The smallest absolute Gasteiger partial charge is 0.303 e. The van der Waals surface area contributed by atoms with E-state index in [1.807, 2.05) is 39.0 Å². The first-order valence-electron chi connectivity index (χ1n) is 5.99. The molecule has 18 heavy (non-hydrogen) atoms. The highest BCUT2D eigenvalue weighted by molar-refractivity contribution is 5.80. The van der Waals surface area contributed by atoms with Crippen LogP contribution in [0.15, 0.2) is 18.2 Å². The second kappa shape index (κ2) is 6.19. The molecule has 1 aromatic rings. The molecule has 1 amide bonds. The van der Waals surface area contributed by atoms with Crippen molar-refractivity contribution in [1.29, 1.82) is 0 Å². The second-order valence-electron chi connectivity index (χ2n) is 4.47. The highest BCUT2D eigenvalue weighted by Gasteiger charge is 2.13. The van der Waals surface area contributed by atoms with Crippen LogP contribution in [0.1, 0.15) is 42.5 Å². The minimum atomic E-state index is -0.954. The molecule has 0 radical (unpaired) electrons. The summed E-state index contributed by atoms with van der Waals surface area (Å²) in [4.78, 5) is 21.9. The maximum Gasteiger partial charge on any atom is 0.303 e. The monoisotopic (exact) mass is 249 g/mol. The highest BCUT2D eigenvalue weighted by atomic mass is 16.4. The summed E-state index contributed by atoms with van der Waals surface area (Å²) in [5, 5.41) is 11.3. The number of hydrogen-bond donors (Lipinski definition) is 2. The number of hydrogen-bond acceptors (Lipinski definition) is 2. The van der Waals surface area contributed by atoms with E-state index in [1.165, 1.54) is 5.56 Å². The molecule has 0 spiro atoms. The van der Waals surface area contributed by atoms with Crippen molar-refractivity contribution in [2.45, 2.75) is 39.7 Å². The van der Waals surface area contributed by atoms with Gasteiger partial charge in [-0.3, -0.25) is 9.59 Å². The van der Waals surface area contributed by atoms with Gasteiger partial charge in [-0.25, -0.2) is 0 Å². The Morgan fingerprint density at radius 3 is 2.56 bits per heavy atom. The third-order valence-corrected chi connectivity index (χ3v) is 3.06. The summed E-state index contributed by atoms with van der Waals surface area (Å²) in [6, 6.07) is 5.85. The lowest BCUT2D eigenvalue weighted by Crippen LogP contribution is -2.27. The second-order valence-corrected chi connectivity index (χ2v) is 4.47. The van der Waals surface area contributed by atoms with Crippen molar-refractivity contribution in [3.63, 3.8) is 0 Å². The van der Waals surface area contributed by atoms with Crippen molar-refractivity contribution in [2.24, 2.45) is 0 Å². The Balaban J connectivity index is 2.65. The van der Waals surface area contributed by atoms with Crippen LogP contribution in [0.3, 0.4) is 0 Å². The Labute approximate surface area is 107 Å². The normalized spacial score (nSPS) is 11.9. The summed E-state index contributed by atoms with van der Waals surface area (Å²) in [6.07, 6.45) is -0.115. The van der Waals surface area contributed by atoms with Crippen LogP contribution in [0.25, 0.3) is 0 Å². The lowest BCUT2D eigenvalue weighted by atomic mass is 9.98. The van der Waals surface area contributed by atoms with Crippen LogP contribution in [0, 0.1) is 13.8 Å². The molecule has 0 aliphatic carbocycles. The third-order valence-electron chi connectivity index (χ3n) is 3.06. The van der Waals surface area contributed by atoms with Gasteiger partial charge in [-0.2, -0.15) is 0 Å². The molecule has 0 aromatic heterocycles. The third kappa shape index (κ3) is 3.87. The van der Waals surface area contributed by atoms with Crippen LogP contribution in [-0.2, 0) is 9.59 Å². The Morgan fingerprint density at radius 2 is 1.94 bits per heavy atom. The molecule has 0 heterocycles. The van der Waals surface area contributed by atoms with Crippen molar-refractivity contribution in [3.05, 3.63) is 34.9 Å². The number of carbonyl (C=O) groups excluding carboxylic acids is 1. The highest BCUT2D eigenvalue weighted by Crippen LogP contribution is 2.20. The van der Waals surface area contributed by atoms with Gasteiger partial charge in [-0.15, -0.1) is 0 Å². The molecule has 0 aliphatic heterocycles. The van der Waals surface area contributed by atoms with Crippen LogP contribution < -0.4 is 5.32 Å². The number of aryl methyl sites for hydroxylation is 1. The molecule has 4 heteroatoms. The topological polar surface area (TPSA) is 66.4 Å². The minimum absolute atomic E-state index is 0.0184. The van der Waals surface area contributed by atoms with Gasteiger partial charge in [0.15, 0.2) is 0 Å². The zero-order chi connectivity index (χ0) is 13.7. The number of carbonyl (C=O) groups is 2. The molecule has 4 nitrogen and oxygen atoms in total. The molecule has 0 saturated carbocycles. The van der Waals surface area contributed by atoms with Gasteiger partial charge in [0.25, 0.3) is 0 Å². The largest absolute Gasteiger partial charge is 0.481 e. The predicted molar refractivity (Wildman–Crippen MR) is 69.3 cm³/mol. The van der Waals surface area contributed by atoms with Crippen molar-refractivity contribution in [1.82, 2.24) is 5.32 Å². The molecule has 2 N–H and O–H groups in total. The molecule has 98 valence electrons. The summed E-state index contributed by atoms with van der Waals surface area (Å²) in [7, 11) is 0. The Morgan fingerprint density at radius 1 is 1.28 bits per heavy atom. The molecular weight excluding hydrogens is 230 g/mol. The number of amides is 1. The van der Waals surface area contributed by atoms with Crippen LogP contribution in [-0.4, -0.2) is 17.0 Å². The van der Waals surface area contributed by atoms with Crippen LogP contribution >= 0.6 is 0 Å². The number of carboxylic acids is 1. The minimum Gasteiger partial charge on any atom is -0.481 e. The average Bonchev–Trinajstić information content (AvgIpc) is 2.30. The van der Waals surface area contributed by atoms with Gasteiger partial charge in [-0.05, 0) is 37.5 Å². The average molecular weight is 249 g/mol. The molecule has 1 aromatic carbocycles. The van der Waals surface area contributed by atoms with Crippen molar-refractivity contribution >= 4 is 11.9 Å². The van der Waals surface area contributed by atoms with Crippen molar-refractivity contribution in [2.75, 3.05) is 0 Å². The maximum atomic E-state index is 11.6. The number of aliphatic carboxylic acids is 1. The number of benzene rings is 1. The van der Waals surface area contributed by atoms with Crippen molar-refractivity contribution in [3.8, 4) is 0 Å². The van der Waals surface area contributed by atoms with E-state index in [0.29, 0.717) is 0 Å². The SMILES string of the molecule is Cc1cccc(C(C)NC(=O)CCC(=O)O)c1C. The van der Waals surface area contributed by atoms with Gasteiger partial charge < -0.3 is 10.4 Å². The van der Waals surface area contributed by atoms with Crippen molar-refractivity contribution < 1.29 is 14.7 Å². The molecule has 0 saturated heterocycles. The quantitative estimate of drug-likeness (QED) is 0.841. The first kappa shape index (κ1) is 14.2. The van der Waals surface area contributed by atoms with E-state index in [2.05, 4.69) is 5.32 Å². The molecule has 0 aliphatic rings. The zero-order valence-electron chi connectivity index (χ0n) is 11.0. The fourth-order valence-electron chi connectivity index (χ4n) is 1.85. The number of carboxylic acid groups (broad SMARTS) is 1. The van der Waals surface area contributed by atoms with E-state index >= 15 is 0 Å². The van der Waals surface area contributed by atoms with Gasteiger partial charge >= 0.3 is 5.97 Å². The lowest BCUT2D eigenvalue weighted by Gasteiger charge is -2.17. The summed E-state index contributed by atoms with van der Waals surface area (Å²) in [5.74, 6) is -1.18. The van der Waals surface area contributed by atoms with Gasteiger partial charge in [0, 0.05) is 6.42 Å². The number of nitrogens with one attached hydrogen (secondary N) is 1.